The highest BCUT2D eigenvalue weighted by Crippen LogP contribution is 2.12. The quantitative estimate of drug-likeness (QED) is 0.489. The van der Waals surface area contributed by atoms with E-state index in [9.17, 15) is 0 Å². The molecule has 0 aromatic rings. The van der Waals surface area contributed by atoms with E-state index < -0.39 is 0 Å². The molecule has 2 rings (SSSR count). The largest absolute Gasteiger partial charge is 0.370 e. The second-order valence-electron chi connectivity index (χ2n) is 6.49. The molecule has 0 bridgehead atoms. The molecular weight excluding hydrogens is 268 g/mol. The van der Waals surface area contributed by atoms with Gasteiger partial charge in [-0.05, 0) is 13.8 Å². The molecule has 5 heteroatoms. The fourth-order valence-electron chi connectivity index (χ4n) is 3.47. The predicted molar refractivity (Wildman–Crippen MR) is 83.3 cm³/mol. The Kier molecular flexibility index (Phi) is 6.89. The van der Waals surface area contributed by atoms with E-state index in [0.29, 0.717) is 0 Å². The second kappa shape index (κ2) is 8.44. The van der Waals surface area contributed by atoms with Crippen LogP contribution in [0.15, 0.2) is 0 Å². The zero-order chi connectivity index (χ0) is 15.0. The molecule has 0 aromatic heterocycles. The number of morpholine rings is 2. The lowest BCUT2D eigenvalue weighted by atomic mass is 10.3. The third kappa shape index (κ3) is 4.89. The molecule has 2 heterocycles. The normalized spacial score (nSPS) is 24.9. The summed E-state index contributed by atoms with van der Waals surface area (Å²) in [4.78, 5) is 0. The van der Waals surface area contributed by atoms with Gasteiger partial charge in [0.2, 0.25) is 0 Å². The van der Waals surface area contributed by atoms with Crippen LogP contribution in [0.2, 0.25) is 0 Å². The molecule has 2 saturated heterocycles. The Hall–Kier alpha value is -0.200. The summed E-state index contributed by atoms with van der Waals surface area (Å²) in [7, 11) is 0. The van der Waals surface area contributed by atoms with Crippen molar-refractivity contribution in [3.63, 3.8) is 0 Å². The maximum atomic E-state index is 5.98. The molecule has 21 heavy (non-hydrogen) atoms. The maximum Gasteiger partial charge on any atom is 0.103 e. The third-order valence-corrected chi connectivity index (χ3v) is 5.60. The van der Waals surface area contributed by atoms with Gasteiger partial charge in [0.25, 0.3) is 0 Å². The Morgan fingerprint density at radius 2 is 1.10 bits per heavy atom. The molecule has 0 radical (unpaired) electrons. The van der Waals surface area contributed by atoms with Crippen molar-refractivity contribution < 1.29 is 23.2 Å². The summed E-state index contributed by atoms with van der Waals surface area (Å²) in [5.74, 6) is 0. The van der Waals surface area contributed by atoms with Gasteiger partial charge in [-0.3, -0.25) is 0 Å². The molecule has 0 aromatic carbocycles. The smallest absolute Gasteiger partial charge is 0.103 e. The monoisotopic (exact) mass is 302 g/mol. The SMILES string of the molecule is CC[N+]1(CCOCC[N+]2(CC)CCOCC2)CCOCC1. The average molecular weight is 302 g/mol. The van der Waals surface area contributed by atoms with Crippen molar-refractivity contribution in [1.82, 2.24) is 0 Å². The lowest BCUT2D eigenvalue weighted by molar-refractivity contribution is -0.936. The first-order valence-electron chi connectivity index (χ1n) is 8.68. The van der Waals surface area contributed by atoms with Crippen molar-refractivity contribution >= 4 is 0 Å². The van der Waals surface area contributed by atoms with Crippen molar-refractivity contribution in [2.24, 2.45) is 0 Å². The zero-order valence-corrected chi connectivity index (χ0v) is 14.0. The second-order valence-corrected chi connectivity index (χ2v) is 6.49. The number of hydrogen-bond acceptors (Lipinski definition) is 3. The fourth-order valence-corrected chi connectivity index (χ4v) is 3.47. The Morgan fingerprint density at radius 1 is 0.714 bits per heavy atom. The summed E-state index contributed by atoms with van der Waals surface area (Å²) in [6.07, 6.45) is 0. The number of likely N-dealkylation sites (N-methyl/N-ethyl adjacent to an activating group) is 2. The number of hydrogen-bond donors (Lipinski definition) is 0. The van der Waals surface area contributed by atoms with Gasteiger partial charge >= 0.3 is 0 Å². The minimum atomic E-state index is 0.883. The first-order valence-corrected chi connectivity index (χ1v) is 8.68. The summed E-state index contributed by atoms with van der Waals surface area (Å²) in [6, 6.07) is 0. The Morgan fingerprint density at radius 3 is 1.43 bits per heavy atom. The van der Waals surface area contributed by atoms with Crippen LogP contribution < -0.4 is 0 Å². The van der Waals surface area contributed by atoms with Gasteiger partial charge in [0.1, 0.15) is 39.3 Å². The lowest BCUT2D eigenvalue weighted by Gasteiger charge is -2.41. The molecular formula is C16H34N2O3+2. The van der Waals surface area contributed by atoms with Crippen molar-refractivity contribution in [1.29, 1.82) is 0 Å². The summed E-state index contributed by atoms with van der Waals surface area (Å²) < 4.78 is 19.3. The molecule has 124 valence electrons. The molecule has 0 spiro atoms. The van der Waals surface area contributed by atoms with Crippen LogP contribution >= 0.6 is 0 Å². The van der Waals surface area contributed by atoms with Crippen LogP contribution in [0.5, 0.6) is 0 Å². The molecule has 0 amide bonds. The summed E-state index contributed by atoms with van der Waals surface area (Å²) in [6.45, 7) is 19.2. The van der Waals surface area contributed by atoms with Gasteiger partial charge < -0.3 is 23.2 Å². The van der Waals surface area contributed by atoms with Gasteiger partial charge in [-0.1, -0.05) is 0 Å². The van der Waals surface area contributed by atoms with Crippen LogP contribution in [0.1, 0.15) is 13.8 Å². The fraction of sp³-hybridized carbons (Fsp3) is 1.00. The van der Waals surface area contributed by atoms with Crippen molar-refractivity contribution in [3.8, 4) is 0 Å². The van der Waals surface area contributed by atoms with Crippen LogP contribution in [-0.2, 0) is 14.2 Å². The number of rotatable bonds is 8. The molecule has 2 fully saturated rings. The van der Waals surface area contributed by atoms with E-state index >= 15 is 0 Å². The minimum Gasteiger partial charge on any atom is -0.370 e. The van der Waals surface area contributed by atoms with E-state index in [0.717, 1.165) is 78.9 Å². The lowest BCUT2D eigenvalue weighted by Crippen LogP contribution is -2.57. The molecule has 2 aliphatic heterocycles. The van der Waals surface area contributed by atoms with Gasteiger partial charge in [0.05, 0.1) is 52.7 Å². The van der Waals surface area contributed by atoms with Crippen LogP contribution in [0.4, 0.5) is 0 Å². The van der Waals surface area contributed by atoms with Gasteiger partial charge in [0.15, 0.2) is 0 Å². The maximum absolute atomic E-state index is 5.98. The van der Waals surface area contributed by atoms with Crippen LogP contribution in [0, 0.1) is 0 Å². The molecule has 0 aliphatic carbocycles. The molecule has 2 aliphatic rings. The van der Waals surface area contributed by atoms with Crippen molar-refractivity contribution in [3.05, 3.63) is 0 Å². The molecule has 5 nitrogen and oxygen atoms in total. The van der Waals surface area contributed by atoms with Gasteiger partial charge in [0, 0.05) is 0 Å². The standard InChI is InChI=1S/C16H34N2O3/c1-3-17(5-11-19-12-6-17)9-15-21-16-10-18(4-2)7-13-20-14-8-18/h3-16H2,1-2H3/q+2. The summed E-state index contributed by atoms with van der Waals surface area (Å²) >= 11 is 0. The van der Waals surface area contributed by atoms with E-state index in [4.69, 9.17) is 14.2 Å². The first-order chi connectivity index (χ1) is 10.2. The molecule has 0 saturated carbocycles. The predicted octanol–water partition coefficient (Wildman–Crippen LogP) is 0.737. The van der Waals surface area contributed by atoms with Crippen LogP contribution in [0.3, 0.4) is 0 Å². The highest BCUT2D eigenvalue weighted by Gasteiger charge is 2.29. The van der Waals surface area contributed by atoms with E-state index in [-0.39, 0.29) is 0 Å². The Balaban J connectivity index is 1.64. The third-order valence-electron chi connectivity index (χ3n) is 5.60. The first kappa shape index (κ1) is 17.2. The number of ether oxygens (including phenoxy) is 3. The Bertz CT molecular complexity index is 259. The molecule has 0 unspecified atom stereocenters. The van der Waals surface area contributed by atoms with E-state index in [1.54, 1.807) is 0 Å². The highest BCUT2D eigenvalue weighted by atomic mass is 16.5. The number of nitrogens with zero attached hydrogens (tertiary/aromatic N) is 2. The van der Waals surface area contributed by atoms with Crippen molar-refractivity contribution in [2.45, 2.75) is 13.8 Å². The van der Waals surface area contributed by atoms with E-state index in [1.807, 2.05) is 0 Å². The van der Waals surface area contributed by atoms with Gasteiger partial charge in [-0.2, -0.15) is 0 Å². The molecule has 0 atom stereocenters. The van der Waals surface area contributed by atoms with Crippen LogP contribution in [0.25, 0.3) is 0 Å². The van der Waals surface area contributed by atoms with Gasteiger partial charge in [-0.25, -0.2) is 0 Å². The van der Waals surface area contributed by atoms with Crippen LogP contribution in [-0.4, -0.2) is 101 Å². The van der Waals surface area contributed by atoms with E-state index in [2.05, 4.69) is 13.8 Å². The average Bonchev–Trinajstić information content (AvgIpc) is 2.56. The minimum absolute atomic E-state index is 0.883. The zero-order valence-electron chi connectivity index (χ0n) is 14.0. The topological polar surface area (TPSA) is 27.7 Å². The van der Waals surface area contributed by atoms with Crippen molar-refractivity contribution in [2.75, 3.05) is 92.0 Å². The number of quaternary nitrogens is 2. The highest BCUT2D eigenvalue weighted by molar-refractivity contribution is 4.51. The Labute approximate surface area is 129 Å². The van der Waals surface area contributed by atoms with Gasteiger partial charge in [-0.15, -0.1) is 0 Å². The summed E-state index contributed by atoms with van der Waals surface area (Å²) in [5, 5.41) is 0. The molecule has 0 N–H and O–H groups in total. The summed E-state index contributed by atoms with van der Waals surface area (Å²) in [5.41, 5.74) is 0. The van der Waals surface area contributed by atoms with E-state index in [1.165, 1.54) is 22.1 Å².